The van der Waals surface area contributed by atoms with Gasteiger partial charge in [-0.1, -0.05) is 217 Å². The second kappa shape index (κ2) is 51.5. The summed E-state index contributed by atoms with van der Waals surface area (Å²) >= 11 is 0. The van der Waals surface area contributed by atoms with E-state index in [9.17, 15) is 19.8 Å². The lowest BCUT2D eigenvalue weighted by Gasteiger charge is -2.20. The third-order valence-electron chi connectivity index (χ3n) is 12.1. The van der Waals surface area contributed by atoms with Crippen LogP contribution in [0, 0.1) is 0 Å². The van der Waals surface area contributed by atoms with Gasteiger partial charge in [0.15, 0.2) is 0 Å². The summed E-state index contributed by atoms with van der Waals surface area (Å²) in [5.41, 5.74) is 0. The first-order valence-electron chi connectivity index (χ1n) is 26.9. The highest BCUT2D eigenvalue weighted by Crippen LogP contribution is 2.15. The number of unbranched alkanes of at least 4 members (excludes halogenated alkanes) is 33. The molecule has 1 amide bonds. The smallest absolute Gasteiger partial charge is 0.305 e. The standard InChI is InChI=1S/C56H103NO5/c1-3-5-7-9-11-13-15-17-25-28-32-36-40-44-48-54(59)53(52-58)57-55(60)49-45-41-37-33-29-26-23-21-19-18-20-22-24-27-31-35-39-43-47-51-62-56(61)50-46-42-38-34-30-16-14-12-10-8-6-4-2/h12,14,22,24,27,31,44,48,53-54,58-59H,3-11,13,15-21,23,25-26,28-30,32-43,45-47,49-52H2,1-2H3,(H,57,60)/b14-12-,24-22-,31-27-,48-44+. The molecule has 0 aliphatic rings. The molecule has 0 aliphatic carbocycles. The minimum absolute atomic E-state index is 0.0251. The minimum atomic E-state index is -0.851. The van der Waals surface area contributed by atoms with E-state index >= 15 is 0 Å². The Balaban J connectivity index is 3.53. The van der Waals surface area contributed by atoms with Gasteiger partial charge in [0.25, 0.3) is 0 Å². The maximum absolute atomic E-state index is 12.4. The molecule has 0 aromatic carbocycles. The van der Waals surface area contributed by atoms with Crippen molar-refractivity contribution in [2.75, 3.05) is 13.2 Å². The van der Waals surface area contributed by atoms with E-state index in [1.807, 2.05) is 6.08 Å². The Morgan fingerprint density at radius 1 is 0.452 bits per heavy atom. The highest BCUT2D eigenvalue weighted by atomic mass is 16.5. The number of aliphatic hydroxyl groups excluding tert-OH is 2. The van der Waals surface area contributed by atoms with Crippen molar-refractivity contribution in [3.05, 3.63) is 48.6 Å². The number of nitrogens with one attached hydrogen (secondary N) is 1. The Morgan fingerprint density at radius 3 is 1.27 bits per heavy atom. The number of amides is 1. The fraction of sp³-hybridized carbons (Fsp3) is 0.821. The molecule has 0 bridgehead atoms. The van der Waals surface area contributed by atoms with Crippen LogP contribution in [0.3, 0.4) is 0 Å². The molecule has 2 atom stereocenters. The second-order valence-electron chi connectivity index (χ2n) is 18.2. The van der Waals surface area contributed by atoms with Crippen LogP contribution in [0.1, 0.15) is 271 Å². The van der Waals surface area contributed by atoms with E-state index in [-0.39, 0.29) is 18.5 Å². The zero-order valence-electron chi connectivity index (χ0n) is 41.1. The van der Waals surface area contributed by atoms with Crippen molar-refractivity contribution in [1.29, 1.82) is 0 Å². The van der Waals surface area contributed by atoms with Crippen LogP contribution >= 0.6 is 0 Å². The van der Waals surface area contributed by atoms with Crippen LogP contribution in [0.15, 0.2) is 48.6 Å². The fourth-order valence-corrected chi connectivity index (χ4v) is 7.91. The normalized spacial score (nSPS) is 13.0. The number of carbonyl (C=O) groups excluding carboxylic acids is 2. The third-order valence-corrected chi connectivity index (χ3v) is 12.1. The Labute approximate surface area is 385 Å². The van der Waals surface area contributed by atoms with E-state index < -0.39 is 12.1 Å². The number of hydrogen-bond donors (Lipinski definition) is 3. The molecule has 0 spiro atoms. The molecule has 0 saturated heterocycles. The molecule has 0 aromatic rings. The van der Waals surface area contributed by atoms with E-state index in [1.165, 1.54) is 167 Å². The summed E-state index contributed by atoms with van der Waals surface area (Å²) in [6.45, 7) is 4.82. The van der Waals surface area contributed by atoms with Crippen LogP contribution in [-0.2, 0) is 14.3 Å². The fourth-order valence-electron chi connectivity index (χ4n) is 7.91. The van der Waals surface area contributed by atoms with Crippen LogP contribution < -0.4 is 5.32 Å². The monoisotopic (exact) mass is 870 g/mol. The molecule has 0 fully saturated rings. The first-order chi connectivity index (χ1) is 30.5. The van der Waals surface area contributed by atoms with Gasteiger partial charge in [0.05, 0.1) is 25.4 Å². The molecule has 3 N–H and O–H groups in total. The highest BCUT2D eigenvalue weighted by Gasteiger charge is 2.18. The number of ether oxygens (including phenoxy) is 1. The first-order valence-corrected chi connectivity index (χ1v) is 26.9. The van der Waals surface area contributed by atoms with E-state index in [0.717, 1.165) is 77.0 Å². The summed E-state index contributed by atoms with van der Waals surface area (Å²) in [7, 11) is 0. The minimum Gasteiger partial charge on any atom is -0.466 e. The maximum Gasteiger partial charge on any atom is 0.305 e. The van der Waals surface area contributed by atoms with Crippen LogP contribution in [0.25, 0.3) is 0 Å². The molecule has 0 aromatic heterocycles. The van der Waals surface area contributed by atoms with Crippen LogP contribution in [0.5, 0.6) is 0 Å². The Morgan fingerprint density at radius 2 is 0.806 bits per heavy atom. The molecule has 0 radical (unpaired) electrons. The lowest BCUT2D eigenvalue weighted by atomic mass is 10.0. The average Bonchev–Trinajstić information content (AvgIpc) is 3.27. The van der Waals surface area contributed by atoms with E-state index in [0.29, 0.717) is 19.4 Å². The summed E-state index contributed by atoms with van der Waals surface area (Å²) in [6, 6.07) is -0.636. The second-order valence-corrected chi connectivity index (χ2v) is 18.2. The van der Waals surface area contributed by atoms with Crippen molar-refractivity contribution < 1.29 is 24.5 Å². The largest absolute Gasteiger partial charge is 0.466 e. The number of carbonyl (C=O) groups is 2. The van der Waals surface area contributed by atoms with Gasteiger partial charge in [-0.2, -0.15) is 0 Å². The molecule has 0 heterocycles. The molecule has 2 unspecified atom stereocenters. The van der Waals surface area contributed by atoms with Gasteiger partial charge in [0.1, 0.15) is 0 Å². The van der Waals surface area contributed by atoms with Gasteiger partial charge < -0.3 is 20.3 Å². The van der Waals surface area contributed by atoms with Crippen LogP contribution in [0.2, 0.25) is 0 Å². The van der Waals surface area contributed by atoms with Crippen molar-refractivity contribution in [2.24, 2.45) is 0 Å². The van der Waals surface area contributed by atoms with Crippen molar-refractivity contribution in [3.63, 3.8) is 0 Å². The highest BCUT2D eigenvalue weighted by molar-refractivity contribution is 5.76. The lowest BCUT2D eigenvalue weighted by molar-refractivity contribution is -0.143. The summed E-state index contributed by atoms with van der Waals surface area (Å²) in [5, 5.41) is 23.1. The summed E-state index contributed by atoms with van der Waals surface area (Å²) in [4.78, 5) is 24.4. The third kappa shape index (κ3) is 47.3. The number of rotatable bonds is 49. The van der Waals surface area contributed by atoms with Crippen molar-refractivity contribution in [1.82, 2.24) is 5.32 Å². The molecule has 0 saturated carbocycles. The molecular weight excluding hydrogens is 767 g/mol. The Bertz CT molecular complexity index is 1050. The van der Waals surface area contributed by atoms with Gasteiger partial charge in [-0.15, -0.1) is 0 Å². The van der Waals surface area contributed by atoms with Crippen molar-refractivity contribution >= 4 is 11.9 Å². The molecule has 362 valence electrons. The zero-order valence-corrected chi connectivity index (χ0v) is 41.1. The SMILES string of the molecule is CCCCC/C=C\CCCCCCCC(=O)OCCCCC/C=C\C=C/CCCCCCCCCCCCC(=O)NC(CO)C(O)/C=C/CCCCCCCCCCCCCC. The molecule has 62 heavy (non-hydrogen) atoms. The Kier molecular flexibility index (Phi) is 49.6. The van der Waals surface area contributed by atoms with Crippen LogP contribution in [0.4, 0.5) is 0 Å². The van der Waals surface area contributed by atoms with Crippen LogP contribution in [-0.4, -0.2) is 47.4 Å². The molecule has 0 rings (SSSR count). The Hall–Kier alpha value is -2.18. The van der Waals surface area contributed by atoms with E-state index in [1.54, 1.807) is 6.08 Å². The first kappa shape index (κ1) is 59.8. The van der Waals surface area contributed by atoms with E-state index in [2.05, 4.69) is 55.6 Å². The van der Waals surface area contributed by atoms with Gasteiger partial charge in [-0.3, -0.25) is 9.59 Å². The lowest BCUT2D eigenvalue weighted by Crippen LogP contribution is -2.45. The van der Waals surface area contributed by atoms with E-state index in [4.69, 9.17) is 4.74 Å². The van der Waals surface area contributed by atoms with Gasteiger partial charge in [0.2, 0.25) is 5.91 Å². The maximum atomic E-state index is 12.4. The number of esters is 1. The zero-order chi connectivity index (χ0) is 45.1. The molecule has 6 nitrogen and oxygen atoms in total. The summed E-state index contributed by atoms with van der Waals surface area (Å²) in [5.74, 6) is -0.104. The van der Waals surface area contributed by atoms with Gasteiger partial charge in [-0.05, 0) is 89.9 Å². The number of aliphatic hydroxyl groups is 2. The van der Waals surface area contributed by atoms with Gasteiger partial charge in [-0.25, -0.2) is 0 Å². The average molecular weight is 870 g/mol. The molecule has 6 heteroatoms. The number of hydrogen-bond acceptors (Lipinski definition) is 5. The predicted octanol–water partition coefficient (Wildman–Crippen LogP) is 16.2. The van der Waals surface area contributed by atoms with Gasteiger partial charge >= 0.3 is 5.97 Å². The van der Waals surface area contributed by atoms with Crippen molar-refractivity contribution in [2.45, 2.75) is 283 Å². The number of allylic oxidation sites excluding steroid dienone is 7. The predicted molar refractivity (Wildman–Crippen MR) is 269 cm³/mol. The molecular formula is C56H103NO5. The quantitative estimate of drug-likeness (QED) is 0.0245. The van der Waals surface area contributed by atoms with Crippen molar-refractivity contribution in [3.8, 4) is 0 Å². The van der Waals surface area contributed by atoms with Gasteiger partial charge in [0, 0.05) is 12.8 Å². The molecule has 0 aliphatic heterocycles. The summed E-state index contributed by atoms with van der Waals surface area (Å²) < 4.78 is 5.43. The topological polar surface area (TPSA) is 95.9 Å². The summed E-state index contributed by atoms with van der Waals surface area (Å²) in [6.07, 6.45) is 64.0.